The van der Waals surface area contributed by atoms with Crippen LogP contribution in [0.3, 0.4) is 0 Å². The van der Waals surface area contributed by atoms with Crippen molar-refractivity contribution in [2.75, 3.05) is 5.75 Å². The molecule has 0 aliphatic rings. The van der Waals surface area contributed by atoms with E-state index in [9.17, 15) is 4.79 Å². The normalized spacial score (nSPS) is 10.8. The van der Waals surface area contributed by atoms with Crippen LogP contribution in [-0.2, 0) is 4.79 Å². The van der Waals surface area contributed by atoms with Crippen LogP contribution >= 0.6 is 23.1 Å². The summed E-state index contributed by atoms with van der Waals surface area (Å²) >= 11 is 2.97. The molecule has 0 radical (unpaired) electrons. The van der Waals surface area contributed by atoms with Crippen LogP contribution in [0, 0.1) is 0 Å². The van der Waals surface area contributed by atoms with Crippen molar-refractivity contribution >= 4 is 34.3 Å². The van der Waals surface area contributed by atoms with Crippen LogP contribution in [0.1, 0.15) is 12.5 Å². The maximum Gasteiger partial charge on any atom is 0.212 e. The number of thioether (sulfide) groups is 1. The van der Waals surface area contributed by atoms with E-state index in [1.165, 1.54) is 11.8 Å². The second-order valence-corrected chi connectivity index (χ2v) is 4.19. The number of rotatable bonds is 3. The lowest BCUT2D eigenvalue weighted by molar-refractivity contribution is -0.106. The summed E-state index contributed by atoms with van der Waals surface area (Å²) in [4.78, 5) is 11.0. The Labute approximate surface area is 80.5 Å². The van der Waals surface area contributed by atoms with Crippen LogP contribution in [0.4, 0.5) is 0 Å². The molecule has 0 bridgehead atoms. The van der Waals surface area contributed by atoms with Gasteiger partial charge in [-0.15, -0.1) is 0 Å². The minimum atomic E-state index is 0.128. The van der Waals surface area contributed by atoms with Crippen LogP contribution in [0.2, 0.25) is 0 Å². The molecule has 0 aromatic carbocycles. The minimum Gasteiger partial charge on any atom is -0.282 e. The molecule has 1 rings (SSSR count). The maximum absolute atomic E-state index is 11.0. The molecule has 0 N–H and O–H groups in total. The third-order valence-corrected chi connectivity index (χ3v) is 2.65. The molecule has 1 aromatic rings. The summed E-state index contributed by atoms with van der Waals surface area (Å²) in [5.41, 5.74) is 1.10. The molecule has 1 aromatic heterocycles. The van der Waals surface area contributed by atoms with Gasteiger partial charge in [-0.1, -0.05) is 18.7 Å². The summed E-state index contributed by atoms with van der Waals surface area (Å²) < 4.78 is 0. The third kappa shape index (κ3) is 3.24. The lowest BCUT2D eigenvalue weighted by Gasteiger charge is -1.87. The molecule has 1 heterocycles. The van der Waals surface area contributed by atoms with Crippen molar-refractivity contribution in [3.05, 3.63) is 28.5 Å². The molecule has 0 fully saturated rings. The Balaban J connectivity index is 2.45. The SMILES string of the molecule is CCSC(=O)/C=C/c1ccsc1. The van der Waals surface area contributed by atoms with Crippen LogP contribution in [-0.4, -0.2) is 10.9 Å². The lowest BCUT2D eigenvalue weighted by atomic mass is 10.3. The van der Waals surface area contributed by atoms with Crippen molar-refractivity contribution in [1.82, 2.24) is 0 Å². The number of carbonyl (C=O) groups excluding carboxylic acids is 1. The highest BCUT2D eigenvalue weighted by atomic mass is 32.2. The van der Waals surface area contributed by atoms with E-state index < -0.39 is 0 Å². The van der Waals surface area contributed by atoms with E-state index in [-0.39, 0.29) is 5.12 Å². The van der Waals surface area contributed by atoms with Gasteiger partial charge in [0.1, 0.15) is 0 Å². The second-order valence-electron chi connectivity index (χ2n) is 2.14. The summed E-state index contributed by atoms with van der Waals surface area (Å²) in [6.07, 6.45) is 3.47. The van der Waals surface area contributed by atoms with Gasteiger partial charge >= 0.3 is 0 Å². The molecule has 64 valence electrons. The van der Waals surface area contributed by atoms with Crippen LogP contribution < -0.4 is 0 Å². The number of hydrogen-bond acceptors (Lipinski definition) is 3. The molecule has 12 heavy (non-hydrogen) atoms. The highest BCUT2D eigenvalue weighted by Crippen LogP contribution is 2.09. The van der Waals surface area contributed by atoms with Gasteiger partial charge in [-0.25, -0.2) is 0 Å². The fourth-order valence-electron chi connectivity index (χ4n) is 0.724. The van der Waals surface area contributed by atoms with Gasteiger partial charge in [0.25, 0.3) is 0 Å². The molecule has 0 amide bonds. The Morgan fingerprint density at radius 2 is 2.58 bits per heavy atom. The van der Waals surface area contributed by atoms with Crippen LogP contribution in [0.5, 0.6) is 0 Å². The number of thiophene rings is 1. The van der Waals surface area contributed by atoms with Gasteiger partial charge in [-0.05, 0) is 40.3 Å². The summed E-state index contributed by atoms with van der Waals surface area (Å²) in [5, 5.41) is 4.14. The second kappa shape index (κ2) is 5.17. The first-order valence-electron chi connectivity index (χ1n) is 3.70. The fourth-order valence-corrected chi connectivity index (χ4v) is 1.80. The maximum atomic E-state index is 11.0. The molecule has 0 saturated carbocycles. The van der Waals surface area contributed by atoms with E-state index in [0.717, 1.165) is 11.3 Å². The van der Waals surface area contributed by atoms with Crippen molar-refractivity contribution < 1.29 is 4.79 Å². The monoisotopic (exact) mass is 198 g/mol. The van der Waals surface area contributed by atoms with Gasteiger partial charge in [0.05, 0.1) is 0 Å². The molecule has 0 unspecified atom stereocenters. The fraction of sp³-hybridized carbons (Fsp3) is 0.222. The van der Waals surface area contributed by atoms with E-state index in [0.29, 0.717) is 0 Å². The number of hydrogen-bond donors (Lipinski definition) is 0. The average Bonchev–Trinajstić information content (AvgIpc) is 2.53. The zero-order chi connectivity index (χ0) is 8.81. The zero-order valence-corrected chi connectivity index (χ0v) is 8.45. The molecule has 0 aliphatic carbocycles. The Hall–Kier alpha value is -0.540. The van der Waals surface area contributed by atoms with Crippen LogP contribution in [0.25, 0.3) is 6.08 Å². The van der Waals surface area contributed by atoms with Crippen molar-refractivity contribution in [3.8, 4) is 0 Å². The van der Waals surface area contributed by atoms with Crippen molar-refractivity contribution in [1.29, 1.82) is 0 Å². The van der Waals surface area contributed by atoms with Crippen molar-refractivity contribution in [2.24, 2.45) is 0 Å². The Bertz CT molecular complexity index is 262. The van der Waals surface area contributed by atoms with Crippen LogP contribution in [0.15, 0.2) is 22.9 Å². The van der Waals surface area contributed by atoms with E-state index in [4.69, 9.17) is 0 Å². The highest BCUT2D eigenvalue weighted by Gasteiger charge is 1.93. The smallest absolute Gasteiger partial charge is 0.212 e. The van der Waals surface area contributed by atoms with Gasteiger partial charge in [0.2, 0.25) is 5.12 Å². The summed E-state index contributed by atoms with van der Waals surface area (Å²) in [5.74, 6) is 0.840. The first-order chi connectivity index (χ1) is 5.83. The summed E-state index contributed by atoms with van der Waals surface area (Å²) in [6, 6.07) is 1.99. The molecular weight excluding hydrogens is 188 g/mol. The van der Waals surface area contributed by atoms with Gasteiger partial charge < -0.3 is 0 Å². The Kier molecular flexibility index (Phi) is 4.11. The van der Waals surface area contributed by atoms with E-state index >= 15 is 0 Å². The minimum absolute atomic E-state index is 0.128. The molecule has 0 atom stereocenters. The molecule has 0 saturated heterocycles. The standard InChI is InChI=1S/C9H10OS2/c1-2-12-9(10)4-3-8-5-6-11-7-8/h3-7H,2H2,1H3/b4-3+. The highest BCUT2D eigenvalue weighted by molar-refractivity contribution is 8.14. The summed E-state index contributed by atoms with van der Waals surface area (Å²) in [6.45, 7) is 1.97. The van der Waals surface area contributed by atoms with Gasteiger partial charge in [-0.3, -0.25) is 4.79 Å². The third-order valence-electron chi connectivity index (χ3n) is 1.24. The van der Waals surface area contributed by atoms with Crippen molar-refractivity contribution in [2.45, 2.75) is 6.92 Å². The van der Waals surface area contributed by atoms with Gasteiger partial charge in [0, 0.05) is 0 Å². The molecule has 0 aliphatic heterocycles. The van der Waals surface area contributed by atoms with E-state index in [1.807, 2.05) is 29.8 Å². The predicted octanol–water partition coefficient (Wildman–Crippen LogP) is 3.04. The predicted molar refractivity (Wildman–Crippen MR) is 56.5 cm³/mol. The average molecular weight is 198 g/mol. The molecule has 1 nitrogen and oxygen atoms in total. The lowest BCUT2D eigenvalue weighted by Crippen LogP contribution is -1.83. The van der Waals surface area contributed by atoms with Gasteiger partial charge in [0.15, 0.2) is 0 Å². The number of carbonyl (C=O) groups is 1. The first kappa shape index (κ1) is 9.55. The van der Waals surface area contributed by atoms with E-state index in [1.54, 1.807) is 17.4 Å². The summed E-state index contributed by atoms with van der Waals surface area (Å²) in [7, 11) is 0. The van der Waals surface area contributed by atoms with Gasteiger partial charge in [-0.2, -0.15) is 11.3 Å². The quantitative estimate of drug-likeness (QED) is 0.694. The molecule has 3 heteroatoms. The topological polar surface area (TPSA) is 17.1 Å². The Morgan fingerprint density at radius 3 is 3.17 bits per heavy atom. The van der Waals surface area contributed by atoms with Crippen molar-refractivity contribution in [3.63, 3.8) is 0 Å². The first-order valence-corrected chi connectivity index (χ1v) is 5.63. The largest absolute Gasteiger partial charge is 0.282 e. The molecule has 0 spiro atoms. The zero-order valence-electron chi connectivity index (χ0n) is 6.82. The molecular formula is C9H10OS2. The van der Waals surface area contributed by atoms with E-state index in [2.05, 4.69) is 0 Å². The Morgan fingerprint density at radius 1 is 1.75 bits per heavy atom.